The summed E-state index contributed by atoms with van der Waals surface area (Å²) in [5.74, 6) is -1.22. The lowest BCUT2D eigenvalue weighted by Crippen LogP contribution is -2.60. The van der Waals surface area contributed by atoms with Crippen molar-refractivity contribution in [1.29, 1.82) is 0 Å². The van der Waals surface area contributed by atoms with Crippen LogP contribution in [-0.4, -0.2) is 71.8 Å². The van der Waals surface area contributed by atoms with Crippen LogP contribution in [0.25, 0.3) is 0 Å². The van der Waals surface area contributed by atoms with Gasteiger partial charge in [0.2, 0.25) is 11.8 Å². The van der Waals surface area contributed by atoms with Crippen molar-refractivity contribution >= 4 is 17.8 Å². The molecule has 2 aliphatic carbocycles. The topological polar surface area (TPSA) is 120 Å². The molecule has 3 fully saturated rings. The van der Waals surface area contributed by atoms with Gasteiger partial charge in [0.15, 0.2) is 0 Å². The number of likely N-dealkylation sites (tertiary alicyclic amines) is 1. The lowest BCUT2D eigenvalue weighted by molar-refractivity contribution is -0.157. The monoisotopic (exact) mass is 571 g/mol. The van der Waals surface area contributed by atoms with Crippen molar-refractivity contribution in [2.75, 3.05) is 6.54 Å². The molecule has 1 aliphatic heterocycles. The maximum atomic E-state index is 14.0. The molecule has 1 heterocycles. The molecule has 5 atom stereocenters. The zero-order chi connectivity index (χ0) is 29.2. The number of benzene rings is 1. The number of hydrogen-bond donors (Lipinski definition) is 2. The summed E-state index contributed by atoms with van der Waals surface area (Å²) in [4.78, 5) is 42.0. The van der Waals surface area contributed by atoms with Crippen molar-refractivity contribution in [2.24, 2.45) is 5.73 Å². The number of amides is 2. The molecule has 1 aromatic rings. The maximum Gasteiger partial charge on any atom is 0.329 e. The molecule has 2 amide bonds. The summed E-state index contributed by atoms with van der Waals surface area (Å²) in [6.45, 7) is 4.20. The van der Waals surface area contributed by atoms with E-state index >= 15 is 0 Å². The number of rotatable bonds is 12. The summed E-state index contributed by atoms with van der Waals surface area (Å²) in [5, 5.41) is 2.91. The first-order valence-corrected chi connectivity index (χ1v) is 15.7. The van der Waals surface area contributed by atoms with Crippen LogP contribution in [0.1, 0.15) is 96.5 Å². The number of esters is 1. The second-order valence-corrected chi connectivity index (χ2v) is 12.0. The number of ether oxygens (including phenoxy) is 3. The first-order chi connectivity index (χ1) is 19.8. The van der Waals surface area contributed by atoms with Gasteiger partial charge in [-0.15, -0.1) is 0 Å². The van der Waals surface area contributed by atoms with E-state index in [2.05, 4.69) is 5.32 Å². The van der Waals surface area contributed by atoms with Crippen molar-refractivity contribution in [3.05, 3.63) is 35.9 Å². The highest BCUT2D eigenvalue weighted by atomic mass is 16.5. The first kappa shape index (κ1) is 31.4. The van der Waals surface area contributed by atoms with Crippen LogP contribution in [0.4, 0.5) is 0 Å². The van der Waals surface area contributed by atoms with Gasteiger partial charge in [0.1, 0.15) is 24.7 Å². The minimum absolute atomic E-state index is 0.0402. The lowest BCUT2D eigenvalue weighted by Gasteiger charge is -2.35. The third kappa shape index (κ3) is 9.00. The zero-order valence-electron chi connectivity index (χ0n) is 24.8. The standard InChI is InChI=1S/C32H49N3O6/c1-22(40-25-15-8-4-9-16-25)28(33)30(36)34-29(23(2)41-26-17-10-5-11-18-26)31(37)35-20-12-19-27(35)32(38)39-21-24-13-6-3-7-14-24/h3,6-7,13-14,22-23,25-29H,4-5,8-12,15-21,33H2,1-2H3,(H,34,36)/t22-,23-,27+,28+,29+/m1/s1. The second-order valence-electron chi connectivity index (χ2n) is 12.0. The number of hydrogen-bond acceptors (Lipinski definition) is 7. The van der Waals surface area contributed by atoms with Gasteiger partial charge in [-0.2, -0.15) is 0 Å². The van der Waals surface area contributed by atoms with Crippen LogP contribution in [0.3, 0.4) is 0 Å². The van der Waals surface area contributed by atoms with Crippen LogP contribution in [0, 0.1) is 0 Å². The van der Waals surface area contributed by atoms with Crippen LogP contribution in [-0.2, 0) is 35.2 Å². The van der Waals surface area contributed by atoms with Gasteiger partial charge in [0, 0.05) is 6.54 Å². The van der Waals surface area contributed by atoms with E-state index in [-0.39, 0.29) is 24.7 Å². The highest BCUT2D eigenvalue weighted by Crippen LogP contribution is 2.26. The van der Waals surface area contributed by atoms with Crippen molar-refractivity contribution in [2.45, 2.75) is 140 Å². The van der Waals surface area contributed by atoms with Crippen LogP contribution in [0.2, 0.25) is 0 Å². The number of nitrogens with two attached hydrogens (primary N) is 1. The summed E-state index contributed by atoms with van der Waals surface area (Å²) >= 11 is 0. The largest absolute Gasteiger partial charge is 0.459 e. The average molecular weight is 572 g/mol. The predicted molar refractivity (Wildman–Crippen MR) is 156 cm³/mol. The van der Waals surface area contributed by atoms with Crippen LogP contribution in [0.5, 0.6) is 0 Å². The molecule has 0 aromatic heterocycles. The Balaban J connectivity index is 1.42. The summed E-state index contributed by atoms with van der Waals surface area (Å²) < 4.78 is 18.1. The van der Waals surface area contributed by atoms with E-state index in [0.717, 1.165) is 56.9 Å². The van der Waals surface area contributed by atoms with Crippen molar-refractivity contribution in [3.63, 3.8) is 0 Å². The highest BCUT2D eigenvalue weighted by Gasteiger charge is 2.42. The van der Waals surface area contributed by atoms with E-state index in [1.54, 1.807) is 4.90 Å². The quantitative estimate of drug-likeness (QED) is 0.364. The molecule has 9 nitrogen and oxygen atoms in total. The van der Waals surface area contributed by atoms with Gasteiger partial charge in [0.25, 0.3) is 0 Å². The molecule has 4 rings (SSSR count). The van der Waals surface area contributed by atoms with E-state index in [1.165, 1.54) is 12.8 Å². The molecule has 41 heavy (non-hydrogen) atoms. The van der Waals surface area contributed by atoms with E-state index in [0.29, 0.717) is 19.4 Å². The van der Waals surface area contributed by atoms with Gasteiger partial charge in [-0.3, -0.25) is 9.59 Å². The van der Waals surface area contributed by atoms with Crippen LogP contribution in [0.15, 0.2) is 30.3 Å². The summed E-state index contributed by atoms with van der Waals surface area (Å²) in [6, 6.07) is 6.87. The third-order valence-corrected chi connectivity index (χ3v) is 8.79. The number of nitrogens with one attached hydrogen (secondary N) is 1. The van der Waals surface area contributed by atoms with Gasteiger partial charge in [0.05, 0.1) is 24.4 Å². The Hall–Kier alpha value is -2.49. The molecule has 0 spiro atoms. The van der Waals surface area contributed by atoms with Crippen LogP contribution >= 0.6 is 0 Å². The molecule has 2 saturated carbocycles. The molecule has 0 unspecified atom stereocenters. The Morgan fingerprint density at radius 1 is 0.854 bits per heavy atom. The maximum absolute atomic E-state index is 14.0. The van der Waals surface area contributed by atoms with E-state index in [4.69, 9.17) is 19.9 Å². The molecule has 3 aliphatic rings. The molecule has 0 radical (unpaired) electrons. The SMILES string of the molecule is C[C@@H](OC1CCCCC1)[C@H](N)C(=O)N[C@H](C(=O)N1CCC[C@H]1C(=O)OCc1ccccc1)[C@@H](C)OC1CCCCC1. The van der Waals surface area contributed by atoms with E-state index in [9.17, 15) is 14.4 Å². The molecule has 1 saturated heterocycles. The normalized spacial score (nSPS) is 23.4. The Bertz CT molecular complexity index is 979. The fraction of sp³-hybridized carbons (Fsp3) is 0.719. The van der Waals surface area contributed by atoms with Gasteiger partial charge < -0.3 is 30.2 Å². The Kier molecular flexibility index (Phi) is 12.0. The van der Waals surface area contributed by atoms with E-state index in [1.807, 2.05) is 44.2 Å². The third-order valence-electron chi connectivity index (χ3n) is 8.79. The Morgan fingerprint density at radius 3 is 2.05 bits per heavy atom. The molecule has 1 aromatic carbocycles. The zero-order valence-corrected chi connectivity index (χ0v) is 24.8. The predicted octanol–water partition coefficient (Wildman–Crippen LogP) is 4.01. The lowest BCUT2D eigenvalue weighted by atomic mass is 9.97. The molecule has 0 bridgehead atoms. The van der Waals surface area contributed by atoms with Crippen molar-refractivity contribution in [3.8, 4) is 0 Å². The average Bonchev–Trinajstić information content (AvgIpc) is 3.49. The Morgan fingerprint density at radius 2 is 1.44 bits per heavy atom. The second kappa shape index (κ2) is 15.7. The fourth-order valence-corrected chi connectivity index (χ4v) is 6.29. The molecule has 9 heteroatoms. The minimum Gasteiger partial charge on any atom is -0.459 e. The molecule has 228 valence electrons. The van der Waals surface area contributed by atoms with Crippen molar-refractivity contribution < 1.29 is 28.6 Å². The summed E-state index contributed by atoms with van der Waals surface area (Å²) in [7, 11) is 0. The van der Waals surface area contributed by atoms with Gasteiger partial charge in [-0.05, 0) is 57.9 Å². The van der Waals surface area contributed by atoms with E-state index < -0.39 is 42.2 Å². The summed E-state index contributed by atoms with van der Waals surface area (Å²) in [5.41, 5.74) is 7.24. The van der Waals surface area contributed by atoms with Gasteiger partial charge >= 0.3 is 5.97 Å². The van der Waals surface area contributed by atoms with Crippen LogP contribution < -0.4 is 11.1 Å². The molecular weight excluding hydrogens is 522 g/mol. The minimum atomic E-state index is -0.972. The van der Waals surface area contributed by atoms with Gasteiger partial charge in [-0.25, -0.2) is 4.79 Å². The van der Waals surface area contributed by atoms with Gasteiger partial charge in [-0.1, -0.05) is 68.9 Å². The summed E-state index contributed by atoms with van der Waals surface area (Å²) in [6.07, 6.45) is 10.9. The highest BCUT2D eigenvalue weighted by molar-refractivity contribution is 5.93. The molecular formula is C32H49N3O6. The smallest absolute Gasteiger partial charge is 0.329 e. The Labute approximate surface area is 244 Å². The number of carbonyl (C=O) groups excluding carboxylic acids is 3. The number of carbonyl (C=O) groups is 3. The first-order valence-electron chi connectivity index (χ1n) is 15.7. The number of nitrogens with zero attached hydrogens (tertiary/aromatic N) is 1. The molecule has 3 N–H and O–H groups in total. The fourth-order valence-electron chi connectivity index (χ4n) is 6.29. The van der Waals surface area contributed by atoms with Crippen molar-refractivity contribution in [1.82, 2.24) is 10.2 Å².